The van der Waals surface area contributed by atoms with Gasteiger partial charge in [-0.2, -0.15) is 0 Å². The maximum absolute atomic E-state index is 11.6. The van der Waals surface area contributed by atoms with Crippen molar-refractivity contribution in [3.8, 4) is 0 Å². The highest BCUT2D eigenvalue weighted by Crippen LogP contribution is 2.20. The number of rotatable bonds is 2. The highest BCUT2D eigenvalue weighted by molar-refractivity contribution is 14.1. The largest absolute Gasteiger partial charge is 0.310 e. The van der Waals surface area contributed by atoms with Gasteiger partial charge >= 0.3 is 0 Å². The first-order valence-corrected chi connectivity index (χ1v) is 6.32. The highest BCUT2D eigenvalue weighted by Gasteiger charge is 2.12. The Kier molecular flexibility index (Phi) is 3.08. The molecule has 0 atom stereocenters. The third-order valence-corrected chi connectivity index (χ3v) is 4.18. The van der Waals surface area contributed by atoms with Crippen LogP contribution in [0.2, 0.25) is 0 Å². The summed E-state index contributed by atoms with van der Waals surface area (Å²) in [5.74, 6) is -0.101. The van der Waals surface area contributed by atoms with Gasteiger partial charge in [0.2, 0.25) is 0 Å². The van der Waals surface area contributed by atoms with Crippen LogP contribution in [0.5, 0.6) is 0 Å². The number of aromatic nitrogens is 2. The lowest BCUT2D eigenvalue weighted by Crippen LogP contribution is -2.10. The normalized spacial score (nSPS) is 10.1. The number of hydrogen-bond acceptors (Lipinski definition) is 5. The van der Waals surface area contributed by atoms with Crippen LogP contribution in [0.4, 0.5) is 5.00 Å². The number of anilines is 1. The van der Waals surface area contributed by atoms with E-state index in [0.717, 1.165) is 20.0 Å². The van der Waals surface area contributed by atoms with Gasteiger partial charge in [-0.1, -0.05) is 4.49 Å². The molecule has 1 N–H and O–H groups in total. The van der Waals surface area contributed by atoms with E-state index in [2.05, 4.69) is 37.5 Å². The molecule has 1 amide bonds. The molecule has 0 unspecified atom stereocenters. The molecule has 0 aliphatic carbocycles. The Hall–Kier alpha value is -0.540. The number of nitrogens with zero attached hydrogens (tertiary/aromatic N) is 2. The van der Waals surface area contributed by atoms with Crippen molar-refractivity contribution in [3.63, 3.8) is 0 Å². The van der Waals surface area contributed by atoms with Gasteiger partial charge in [0.15, 0.2) is 0 Å². The molecular formula is C7H4IN3OS2. The minimum Gasteiger partial charge on any atom is -0.310 e. The standard InChI is InChI=1S/C7H4IN3OS2/c8-4-1-2-13-6(4)7(12)10-5-3-9-11-14-5/h1-3H,(H,10,12). The number of carbonyl (C=O) groups is 1. The van der Waals surface area contributed by atoms with Crippen LogP contribution in [-0.2, 0) is 0 Å². The van der Waals surface area contributed by atoms with E-state index in [-0.39, 0.29) is 5.91 Å². The van der Waals surface area contributed by atoms with Crippen molar-refractivity contribution in [1.29, 1.82) is 0 Å². The minimum absolute atomic E-state index is 0.101. The Morgan fingerprint density at radius 1 is 1.57 bits per heavy atom. The third-order valence-electron chi connectivity index (χ3n) is 1.42. The number of halogens is 1. The van der Waals surface area contributed by atoms with Gasteiger partial charge in [0, 0.05) is 15.1 Å². The van der Waals surface area contributed by atoms with Gasteiger partial charge in [0.05, 0.1) is 6.20 Å². The van der Waals surface area contributed by atoms with Crippen molar-refractivity contribution in [2.24, 2.45) is 0 Å². The minimum atomic E-state index is -0.101. The Morgan fingerprint density at radius 2 is 2.43 bits per heavy atom. The number of hydrogen-bond donors (Lipinski definition) is 1. The molecule has 0 bridgehead atoms. The van der Waals surface area contributed by atoms with Crippen molar-refractivity contribution in [3.05, 3.63) is 26.1 Å². The van der Waals surface area contributed by atoms with E-state index in [1.807, 2.05) is 11.4 Å². The summed E-state index contributed by atoms with van der Waals surface area (Å²) >= 11 is 4.72. The molecule has 0 aliphatic heterocycles. The van der Waals surface area contributed by atoms with Crippen molar-refractivity contribution in [1.82, 2.24) is 9.59 Å². The molecule has 0 spiro atoms. The van der Waals surface area contributed by atoms with E-state index in [1.165, 1.54) is 17.5 Å². The van der Waals surface area contributed by atoms with Crippen LogP contribution in [-0.4, -0.2) is 15.5 Å². The summed E-state index contributed by atoms with van der Waals surface area (Å²) in [5.41, 5.74) is 0. The number of carbonyl (C=O) groups excluding carboxylic acids is 1. The third kappa shape index (κ3) is 2.10. The first kappa shape index (κ1) is 9.99. The second-order valence-electron chi connectivity index (χ2n) is 2.33. The molecular weight excluding hydrogens is 333 g/mol. The molecule has 0 saturated carbocycles. The van der Waals surface area contributed by atoms with Crippen molar-refractivity contribution in [2.45, 2.75) is 0 Å². The fourth-order valence-electron chi connectivity index (χ4n) is 0.847. The summed E-state index contributed by atoms with van der Waals surface area (Å²) in [6, 6.07) is 1.91. The van der Waals surface area contributed by atoms with Crippen molar-refractivity contribution < 1.29 is 4.79 Å². The van der Waals surface area contributed by atoms with Gasteiger partial charge in [0.1, 0.15) is 9.88 Å². The van der Waals surface area contributed by atoms with Gasteiger partial charge in [-0.3, -0.25) is 4.79 Å². The van der Waals surface area contributed by atoms with Crippen LogP contribution >= 0.6 is 45.5 Å². The van der Waals surface area contributed by atoms with Crippen molar-refractivity contribution in [2.75, 3.05) is 5.32 Å². The number of thiophene rings is 1. The molecule has 0 fully saturated rings. The monoisotopic (exact) mass is 337 g/mol. The highest BCUT2D eigenvalue weighted by atomic mass is 127. The summed E-state index contributed by atoms with van der Waals surface area (Å²) in [5, 5.41) is 8.92. The molecule has 0 aromatic carbocycles. The molecule has 4 nitrogen and oxygen atoms in total. The van der Waals surface area contributed by atoms with Crippen LogP contribution in [0.15, 0.2) is 17.6 Å². The summed E-state index contributed by atoms with van der Waals surface area (Å²) in [7, 11) is 0. The SMILES string of the molecule is O=C(Nc1cnns1)c1sccc1I. The number of amides is 1. The van der Waals surface area contributed by atoms with Gasteiger partial charge in [-0.15, -0.1) is 16.4 Å². The molecule has 0 saturated heterocycles. The second kappa shape index (κ2) is 4.32. The summed E-state index contributed by atoms with van der Waals surface area (Å²) in [4.78, 5) is 12.4. The molecule has 2 aromatic rings. The lowest BCUT2D eigenvalue weighted by Gasteiger charge is -1.98. The fourth-order valence-corrected chi connectivity index (χ4v) is 2.99. The zero-order valence-electron chi connectivity index (χ0n) is 6.73. The number of nitrogens with one attached hydrogen (secondary N) is 1. The molecule has 7 heteroatoms. The van der Waals surface area contributed by atoms with E-state index in [4.69, 9.17) is 0 Å². The molecule has 2 rings (SSSR count). The summed E-state index contributed by atoms with van der Waals surface area (Å²) < 4.78 is 4.62. The Balaban J connectivity index is 2.14. The van der Waals surface area contributed by atoms with Crippen LogP contribution in [0.25, 0.3) is 0 Å². The Bertz CT molecular complexity index is 439. The van der Waals surface area contributed by atoms with E-state index in [0.29, 0.717) is 5.00 Å². The summed E-state index contributed by atoms with van der Waals surface area (Å²) in [6.45, 7) is 0. The lowest BCUT2D eigenvalue weighted by molar-refractivity contribution is 0.103. The van der Waals surface area contributed by atoms with Crippen molar-refractivity contribution >= 4 is 56.4 Å². The van der Waals surface area contributed by atoms with Crippen LogP contribution in [0.1, 0.15) is 9.67 Å². The Morgan fingerprint density at radius 3 is 3.00 bits per heavy atom. The molecule has 0 radical (unpaired) electrons. The lowest BCUT2D eigenvalue weighted by atomic mass is 10.4. The van der Waals surface area contributed by atoms with Crippen LogP contribution in [0, 0.1) is 3.57 Å². The second-order valence-corrected chi connectivity index (χ2v) is 5.20. The smallest absolute Gasteiger partial charge is 0.267 e. The molecule has 2 aromatic heterocycles. The fraction of sp³-hybridized carbons (Fsp3) is 0. The van der Waals surface area contributed by atoms with Gasteiger partial charge in [-0.25, -0.2) is 0 Å². The summed E-state index contributed by atoms with van der Waals surface area (Å²) in [6.07, 6.45) is 1.53. The topological polar surface area (TPSA) is 54.9 Å². The van der Waals surface area contributed by atoms with E-state index in [1.54, 1.807) is 0 Å². The maximum atomic E-state index is 11.6. The predicted octanol–water partition coefficient (Wildman–Crippen LogP) is 2.46. The molecule has 0 aliphatic rings. The Labute approximate surface area is 102 Å². The van der Waals surface area contributed by atoms with Gasteiger partial charge < -0.3 is 5.32 Å². The van der Waals surface area contributed by atoms with Gasteiger partial charge in [0.25, 0.3) is 5.91 Å². The predicted molar refractivity (Wildman–Crippen MR) is 64.9 cm³/mol. The van der Waals surface area contributed by atoms with E-state index in [9.17, 15) is 4.79 Å². The first-order valence-electron chi connectivity index (χ1n) is 3.59. The average molecular weight is 337 g/mol. The molecule has 72 valence electrons. The molecule has 14 heavy (non-hydrogen) atoms. The van der Waals surface area contributed by atoms with Crippen LogP contribution in [0.3, 0.4) is 0 Å². The quantitative estimate of drug-likeness (QED) is 0.857. The van der Waals surface area contributed by atoms with Crippen LogP contribution < -0.4 is 5.32 Å². The van der Waals surface area contributed by atoms with E-state index >= 15 is 0 Å². The molecule has 2 heterocycles. The average Bonchev–Trinajstić information content (AvgIpc) is 2.75. The zero-order valence-corrected chi connectivity index (χ0v) is 10.5. The van der Waals surface area contributed by atoms with Gasteiger partial charge in [-0.05, 0) is 34.0 Å². The first-order chi connectivity index (χ1) is 6.77. The zero-order chi connectivity index (χ0) is 9.97. The maximum Gasteiger partial charge on any atom is 0.267 e. The van der Waals surface area contributed by atoms with E-state index < -0.39 is 0 Å².